The molecule has 0 N–H and O–H groups in total. The van der Waals surface area contributed by atoms with Crippen LogP contribution in [0.1, 0.15) is 71.3 Å². The van der Waals surface area contributed by atoms with Crippen molar-refractivity contribution in [2.75, 3.05) is 19.8 Å². The average Bonchev–Trinajstić information content (AvgIpc) is 2.69. The third-order valence-electron chi connectivity index (χ3n) is 4.35. The van der Waals surface area contributed by atoms with Crippen LogP contribution < -0.4 is 0 Å². The standard InChI is InChI=1S/C21H35F3O3Si/c1-4-12-25-28(26-13-5-2,27-14-6-3)15-10-8-7-9-11-18-16-20(23)21(24)17-19(18)22/h16-17H,4-15H2,1-3H3. The summed E-state index contributed by atoms with van der Waals surface area (Å²) in [5.41, 5.74) is 0.228. The van der Waals surface area contributed by atoms with Gasteiger partial charge in [0.1, 0.15) is 5.82 Å². The van der Waals surface area contributed by atoms with Gasteiger partial charge in [0, 0.05) is 31.9 Å². The maximum absolute atomic E-state index is 13.7. The lowest BCUT2D eigenvalue weighted by atomic mass is 10.1. The van der Waals surface area contributed by atoms with Crippen LogP contribution in [0.4, 0.5) is 13.2 Å². The van der Waals surface area contributed by atoms with Gasteiger partial charge in [-0.1, -0.05) is 33.6 Å². The van der Waals surface area contributed by atoms with Crippen molar-refractivity contribution >= 4 is 8.80 Å². The summed E-state index contributed by atoms with van der Waals surface area (Å²) in [7, 11) is -2.66. The van der Waals surface area contributed by atoms with Gasteiger partial charge >= 0.3 is 8.80 Å². The minimum absolute atomic E-state index is 0.228. The molecule has 0 saturated carbocycles. The summed E-state index contributed by atoms with van der Waals surface area (Å²) in [5, 5.41) is 0. The molecule has 0 unspecified atom stereocenters. The summed E-state index contributed by atoms with van der Waals surface area (Å²) in [6.07, 6.45) is 6.58. The van der Waals surface area contributed by atoms with Crippen LogP contribution in [-0.4, -0.2) is 28.6 Å². The Balaban J connectivity index is 2.46. The highest BCUT2D eigenvalue weighted by Crippen LogP contribution is 2.22. The van der Waals surface area contributed by atoms with Gasteiger partial charge in [-0.2, -0.15) is 0 Å². The molecule has 3 nitrogen and oxygen atoms in total. The lowest BCUT2D eigenvalue weighted by Gasteiger charge is -2.29. The van der Waals surface area contributed by atoms with Gasteiger partial charge in [-0.05, 0) is 50.2 Å². The zero-order chi connectivity index (χ0) is 20.8. The average molecular weight is 421 g/mol. The van der Waals surface area contributed by atoms with E-state index < -0.39 is 26.3 Å². The van der Waals surface area contributed by atoms with Crippen molar-refractivity contribution in [3.63, 3.8) is 0 Å². The van der Waals surface area contributed by atoms with Crippen molar-refractivity contribution in [2.24, 2.45) is 0 Å². The van der Waals surface area contributed by atoms with E-state index in [4.69, 9.17) is 13.3 Å². The van der Waals surface area contributed by atoms with E-state index in [1.807, 2.05) is 0 Å². The van der Waals surface area contributed by atoms with Gasteiger partial charge in [0.2, 0.25) is 0 Å². The molecule has 0 spiro atoms. The number of benzene rings is 1. The number of hydrogen-bond acceptors (Lipinski definition) is 3. The first-order valence-electron chi connectivity index (χ1n) is 10.5. The van der Waals surface area contributed by atoms with Crippen molar-refractivity contribution in [3.8, 4) is 0 Å². The predicted octanol–water partition coefficient (Wildman–Crippen LogP) is 6.43. The molecule has 0 bridgehead atoms. The van der Waals surface area contributed by atoms with Crippen LogP contribution in [0.15, 0.2) is 12.1 Å². The maximum atomic E-state index is 13.7. The van der Waals surface area contributed by atoms with Gasteiger partial charge in [-0.15, -0.1) is 0 Å². The van der Waals surface area contributed by atoms with E-state index in [2.05, 4.69) is 20.8 Å². The monoisotopic (exact) mass is 420 g/mol. The molecule has 0 aliphatic rings. The Bertz CT molecular complexity index is 536. The van der Waals surface area contributed by atoms with Crippen molar-refractivity contribution in [1.82, 2.24) is 0 Å². The molecule has 0 amide bonds. The van der Waals surface area contributed by atoms with Gasteiger partial charge in [-0.3, -0.25) is 0 Å². The summed E-state index contributed by atoms with van der Waals surface area (Å²) in [5.74, 6) is -2.82. The molecule has 1 aromatic rings. The zero-order valence-electron chi connectivity index (χ0n) is 17.5. The van der Waals surface area contributed by atoms with Gasteiger partial charge in [0.25, 0.3) is 0 Å². The van der Waals surface area contributed by atoms with Crippen molar-refractivity contribution in [3.05, 3.63) is 35.1 Å². The summed E-state index contributed by atoms with van der Waals surface area (Å²) in [6, 6.07) is 2.34. The quantitative estimate of drug-likeness (QED) is 0.175. The first kappa shape index (κ1) is 25.1. The highest BCUT2D eigenvalue weighted by atomic mass is 28.4. The highest BCUT2D eigenvalue weighted by molar-refractivity contribution is 6.60. The van der Waals surface area contributed by atoms with Crippen LogP contribution in [0.25, 0.3) is 0 Å². The normalized spacial score (nSPS) is 11.9. The number of unbranched alkanes of at least 4 members (excludes halogenated alkanes) is 3. The molecule has 28 heavy (non-hydrogen) atoms. The first-order chi connectivity index (χ1) is 13.5. The number of rotatable bonds is 16. The summed E-state index contributed by atoms with van der Waals surface area (Å²) < 4.78 is 58.1. The van der Waals surface area contributed by atoms with Crippen molar-refractivity contribution in [2.45, 2.75) is 78.2 Å². The molecule has 0 aliphatic heterocycles. The summed E-state index contributed by atoms with van der Waals surface area (Å²) >= 11 is 0. The van der Waals surface area contributed by atoms with Gasteiger partial charge in [-0.25, -0.2) is 13.2 Å². The van der Waals surface area contributed by atoms with E-state index >= 15 is 0 Å². The fourth-order valence-corrected chi connectivity index (χ4v) is 5.79. The van der Waals surface area contributed by atoms with Crippen LogP contribution in [-0.2, 0) is 19.7 Å². The zero-order valence-corrected chi connectivity index (χ0v) is 18.5. The molecule has 1 rings (SSSR count). The van der Waals surface area contributed by atoms with Gasteiger partial charge in [0.05, 0.1) is 0 Å². The molecule has 0 fully saturated rings. The van der Waals surface area contributed by atoms with Crippen molar-refractivity contribution < 1.29 is 26.4 Å². The van der Waals surface area contributed by atoms with Crippen molar-refractivity contribution in [1.29, 1.82) is 0 Å². The Morgan fingerprint density at radius 2 is 1.18 bits per heavy atom. The third-order valence-corrected chi connectivity index (χ3v) is 7.24. The number of hydrogen-bond donors (Lipinski definition) is 0. The number of aryl methyl sites for hydroxylation is 1. The third kappa shape index (κ3) is 9.07. The Morgan fingerprint density at radius 3 is 1.71 bits per heavy atom. The fourth-order valence-electron chi connectivity index (χ4n) is 2.88. The fraction of sp³-hybridized carbons (Fsp3) is 0.714. The Hall–Kier alpha value is -0.893. The first-order valence-corrected chi connectivity index (χ1v) is 12.5. The van der Waals surface area contributed by atoms with Crippen LogP contribution in [0.3, 0.4) is 0 Å². The van der Waals surface area contributed by atoms with E-state index in [0.717, 1.165) is 57.1 Å². The smallest absolute Gasteiger partial charge is 0.373 e. The minimum Gasteiger partial charge on any atom is -0.373 e. The van der Waals surface area contributed by atoms with Crippen LogP contribution in [0, 0.1) is 17.5 Å². The second-order valence-corrected chi connectivity index (χ2v) is 9.73. The molecule has 0 aliphatic carbocycles. The van der Waals surface area contributed by atoms with Crippen LogP contribution in [0.5, 0.6) is 0 Å². The molecule has 162 valence electrons. The topological polar surface area (TPSA) is 27.7 Å². The Morgan fingerprint density at radius 1 is 0.679 bits per heavy atom. The molecule has 1 aromatic carbocycles. The molecule has 0 radical (unpaired) electrons. The molecule has 0 atom stereocenters. The van der Waals surface area contributed by atoms with Crippen LogP contribution in [0.2, 0.25) is 6.04 Å². The van der Waals surface area contributed by atoms with E-state index in [-0.39, 0.29) is 5.56 Å². The lowest BCUT2D eigenvalue weighted by Crippen LogP contribution is -2.46. The molecular weight excluding hydrogens is 385 g/mol. The molecule has 7 heteroatoms. The van der Waals surface area contributed by atoms with E-state index in [0.29, 0.717) is 32.3 Å². The molecule has 0 aromatic heterocycles. The molecular formula is C21H35F3O3Si. The van der Waals surface area contributed by atoms with Gasteiger partial charge < -0.3 is 13.3 Å². The molecule has 0 heterocycles. The Kier molecular flexibility index (Phi) is 12.7. The summed E-state index contributed by atoms with van der Waals surface area (Å²) in [6.45, 7) is 8.10. The van der Waals surface area contributed by atoms with E-state index in [1.165, 1.54) is 0 Å². The SMILES string of the molecule is CCCO[Si](CCCCCCc1cc(F)c(F)cc1F)(OCCC)OCCC. The van der Waals surface area contributed by atoms with Crippen LogP contribution >= 0.6 is 0 Å². The second-order valence-electron chi connectivity index (χ2n) is 7.00. The minimum atomic E-state index is -2.66. The lowest BCUT2D eigenvalue weighted by molar-refractivity contribution is 0.0586. The number of halogens is 3. The van der Waals surface area contributed by atoms with E-state index in [9.17, 15) is 13.2 Å². The maximum Gasteiger partial charge on any atom is 0.500 e. The van der Waals surface area contributed by atoms with E-state index in [1.54, 1.807) is 0 Å². The summed E-state index contributed by atoms with van der Waals surface area (Å²) in [4.78, 5) is 0. The van der Waals surface area contributed by atoms with Gasteiger partial charge in [0.15, 0.2) is 11.6 Å². The second kappa shape index (κ2) is 14.1. The predicted molar refractivity (Wildman–Crippen MR) is 108 cm³/mol. The largest absolute Gasteiger partial charge is 0.500 e. The molecule has 0 saturated heterocycles. The Labute approximate surface area is 168 Å². The highest BCUT2D eigenvalue weighted by Gasteiger charge is 2.40.